The second kappa shape index (κ2) is 7.06. The highest BCUT2D eigenvalue weighted by Gasteiger charge is 2.41. The van der Waals surface area contributed by atoms with Crippen LogP contribution in [0.1, 0.15) is 18.4 Å². The first-order chi connectivity index (χ1) is 11.2. The van der Waals surface area contributed by atoms with Crippen molar-refractivity contribution in [3.05, 3.63) is 29.6 Å². The Morgan fingerprint density at radius 3 is 2.46 bits per heavy atom. The van der Waals surface area contributed by atoms with Crippen molar-refractivity contribution in [1.29, 1.82) is 0 Å². The van der Waals surface area contributed by atoms with Crippen LogP contribution in [-0.2, 0) is 11.0 Å². The number of alkyl halides is 3. The predicted octanol–water partition coefficient (Wildman–Crippen LogP) is 2.49. The quantitative estimate of drug-likeness (QED) is 0.504. The molecule has 0 radical (unpaired) electrons. The zero-order valence-electron chi connectivity index (χ0n) is 13.7. The van der Waals surface area contributed by atoms with Crippen LogP contribution in [0, 0.1) is 5.82 Å². The number of rotatable bonds is 5. The minimum atomic E-state index is -4.79. The number of carbonyl (C=O) groups excluding carboxylic acids is 1. The lowest BCUT2D eigenvalue weighted by Gasteiger charge is -2.46. The van der Waals surface area contributed by atoms with E-state index < -0.39 is 23.1 Å². The van der Waals surface area contributed by atoms with Crippen LogP contribution in [0.3, 0.4) is 0 Å². The molecule has 0 aliphatic carbocycles. The van der Waals surface area contributed by atoms with Gasteiger partial charge in [-0.15, -0.1) is 0 Å². The van der Waals surface area contributed by atoms with Gasteiger partial charge in [0.15, 0.2) is 0 Å². The van der Waals surface area contributed by atoms with Gasteiger partial charge in [-0.1, -0.05) is 0 Å². The molecule has 0 saturated carbocycles. The summed E-state index contributed by atoms with van der Waals surface area (Å²) in [6.07, 6.45) is -3.00. The first-order valence-corrected chi connectivity index (χ1v) is 7.67. The van der Waals surface area contributed by atoms with Gasteiger partial charge in [0.05, 0.1) is 17.8 Å². The van der Waals surface area contributed by atoms with Crippen LogP contribution in [0.4, 0.5) is 23.2 Å². The smallest absolute Gasteiger partial charge is 0.346 e. The minimum absolute atomic E-state index is 0.176. The topological polar surface area (TPSA) is 35.6 Å². The largest absolute Gasteiger partial charge is 0.419 e. The van der Waals surface area contributed by atoms with E-state index in [4.69, 9.17) is 0 Å². The predicted molar refractivity (Wildman–Crippen MR) is 83.3 cm³/mol. The highest BCUT2D eigenvalue weighted by atomic mass is 19.4. The molecule has 0 atom stereocenters. The number of carbonyl (C=O) groups is 1. The van der Waals surface area contributed by atoms with Gasteiger partial charge in [0.25, 0.3) is 0 Å². The molecule has 1 aliphatic heterocycles. The van der Waals surface area contributed by atoms with E-state index in [0.29, 0.717) is 25.9 Å². The summed E-state index contributed by atoms with van der Waals surface area (Å²) in [5.74, 6) is -1.32. The molecule has 0 amide bonds. The van der Waals surface area contributed by atoms with Crippen molar-refractivity contribution in [2.75, 3.05) is 38.8 Å². The summed E-state index contributed by atoms with van der Waals surface area (Å²) in [7, 11) is 3.57. The molecule has 4 nitrogen and oxygen atoms in total. The van der Waals surface area contributed by atoms with Crippen LogP contribution < -0.4 is 10.2 Å². The average Bonchev–Trinajstić information content (AvgIpc) is 2.54. The summed E-state index contributed by atoms with van der Waals surface area (Å²) in [6.45, 7) is 1.50. The summed E-state index contributed by atoms with van der Waals surface area (Å²) in [4.78, 5) is 15.5. The van der Waals surface area contributed by atoms with Gasteiger partial charge in [0.1, 0.15) is 12.1 Å². The Kier molecular flexibility index (Phi) is 5.49. The van der Waals surface area contributed by atoms with E-state index in [1.54, 1.807) is 11.9 Å². The van der Waals surface area contributed by atoms with Gasteiger partial charge in [-0.3, -0.25) is 0 Å². The van der Waals surface area contributed by atoms with Crippen LogP contribution in [0.5, 0.6) is 0 Å². The van der Waals surface area contributed by atoms with Crippen molar-refractivity contribution in [3.63, 3.8) is 0 Å². The van der Waals surface area contributed by atoms with Gasteiger partial charge in [-0.05, 0) is 45.1 Å². The number of halogens is 4. The number of anilines is 1. The lowest BCUT2D eigenvalue weighted by atomic mass is 9.86. The van der Waals surface area contributed by atoms with Gasteiger partial charge in [0.2, 0.25) is 0 Å². The molecule has 1 aromatic rings. The molecule has 1 fully saturated rings. The third-order valence-electron chi connectivity index (χ3n) is 4.49. The molecular formula is C16H21F4N3O. The molecule has 134 valence electrons. The van der Waals surface area contributed by atoms with Crippen LogP contribution in [0.15, 0.2) is 18.2 Å². The molecule has 0 unspecified atom stereocenters. The van der Waals surface area contributed by atoms with Crippen molar-refractivity contribution in [1.82, 2.24) is 10.2 Å². The lowest BCUT2D eigenvalue weighted by molar-refractivity contribution is -0.139. The maximum Gasteiger partial charge on any atom is 0.419 e. The molecule has 24 heavy (non-hydrogen) atoms. The molecule has 1 N–H and O–H groups in total. The van der Waals surface area contributed by atoms with E-state index in [2.05, 4.69) is 10.2 Å². The fourth-order valence-corrected chi connectivity index (χ4v) is 3.02. The van der Waals surface area contributed by atoms with Crippen molar-refractivity contribution in [2.45, 2.75) is 24.6 Å². The van der Waals surface area contributed by atoms with E-state index in [1.165, 1.54) is 6.07 Å². The van der Waals surface area contributed by atoms with Gasteiger partial charge >= 0.3 is 6.18 Å². The average molecular weight is 347 g/mol. The zero-order valence-corrected chi connectivity index (χ0v) is 13.7. The van der Waals surface area contributed by atoms with E-state index in [9.17, 15) is 22.4 Å². The standard InChI is InChI=1S/C16H21F4N3O/c1-21-11-23(15(10-24)5-7-22(2)8-6-15)12-3-4-14(17)13(9-12)16(18,19)20/h3-4,9-10,21H,5-8,11H2,1-2H3. The third kappa shape index (κ3) is 3.70. The van der Waals surface area contributed by atoms with Crippen LogP contribution in [-0.4, -0.2) is 50.6 Å². The van der Waals surface area contributed by atoms with Gasteiger partial charge < -0.3 is 19.9 Å². The van der Waals surface area contributed by atoms with E-state index >= 15 is 0 Å². The number of hydrogen-bond acceptors (Lipinski definition) is 4. The number of nitrogens with zero attached hydrogens (tertiary/aromatic N) is 2. The first-order valence-electron chi connectivity index (χ1n) is 7.67. The highest BCUT2D eigenvalue weighted by molar-refractivity contribution is 5.73. The summed E-state index contributed by atoms with van der Waals surface area (Å²) >= 11 is 0. The molecule has 0 bridgehead atoms. The maximum atomic E-state index is 13.6. The molecule has 1 heterocycles. The van der Waals surface area contributed by atoms with Crippen LogP contribution in [0.25, 0.3) is 0 Å². The van der Waals surface area contributed by atoms with Gasteiger partial charge in [-0.2, -0.15) is 13.2 Å². The number of hydrogen-bond donors (Lipinski definition) is 1. The molecule has 0 spiro atoms. The molecule has 1 aliphatic rings. The number of likely N-dealkylation sites (tertiary alicyclic amines) is 1. The van der Waals surface area contributed by atoms with E-state index in [0.717, 1.165) is 18.4 Å². The number of benzene rings is 1. The Labute approximate surface area is 138 Å². The minimum Gasteiger partial charge on any atom is -0.346 e. The Hall–Kier alpha value is -1.67. The molecule has 2 rings (SSSR count). The van der Waals surface area contributed by atoms with Gasteiger partial charge in [-0.25, -0.2) is 4.39 Å². The van der Waals surface area contributed by atoms with Crippen molar-refractivity contribution in [2.24, 2.45) is 0 Å². The molecule has 1 aromatic carbocycles. The highest BCUT2D eigenvalue weighted by Crippen LogP contribution is 2.37. The SMILES string of the molecule is CNCN(c1ccc(F)c(C(F)(F)F)c1)C1(C=O)CCN(C)CC1. The molecular weight excluding hydrogens is 326 g/mol. The summed E-state index contributed by atoms with van der Waals surface area (Å²) < 4.78 is 52.6. The van der Waals surface area contributed by atoms with Crippen molar-refractivity contribution < 1.29 is 22.4 Å². The lowest BCUT2D eigenvalue weighted by Crippen LogP contribution is -2.58. The Balaban J connectivity index is 2.45. The molecule has 0 aromatic heterocycles. The molecule has 1 saturated heterocycles. The van der Waals surface area contributed by atoms with E-state index in [-0.39, 0.29) is 12.4 Å². The fraction of sp³-hybridized carbons (Fsp3) is 0.562. The number of piperidine rings is 1. The van der Waals surface area contributed by atoms with E-state index in [1.807, 2.05) is 7.05 Å². The Morgan fingerprint density at radius 1 is 1.33 bits per heavy atom. The van der Waals surface area contributed by atoms with Crippen molar-refractivity contribution in [3.8, 4) is 0 Å². The fourth-order valence-electron chi connectivity index (χ4n) is 3.02. The second-order valence-electron chi connectivity index (χ2n) is 6.13. The van der Waals surface area contributed by atoms with Crippen LogP contribution >= 0.6 is 0 Å². The second-order valence-corrected chi connectivity index (χ2v) is 6.13. The summed E-state index contributed by atoms with van der Waals surface area (Å²) in [6, 6.07) is 2.86. The Bertz CT molecular complexity index is 583. The molecule has 8 heteroatoms. The van der Waals surface area contributed by atoms with Crippen molar-refractivity contribution >= 4 is 12.0 Å². The Morgan fingerprint density at radius 2 is 1.96 bits per heavy atom. The zero-order chi connectivity index (χ0) is 18.0. The summed E-state index contributed by atoms with van der Waals surface area (Å²) in [5.41, 5.74) is -2.05. The normalized spacial score (nSPS) is 18.4. The van der Waals surface area contributed by atoms with Gasteiger partial charge in [0, 0.05) is 18.8 Å². The monoisotopic (exact) mass is 347 g/mol. The number of nitrogens with one attached hydrogen (secondary N) is 1. The number of aldehydes is 1. The third-order valence-corrected chi connectivity index (χ3v) is 4.49. The maximum absolute atomic E-state index is 13.6. The summed E-state index contributed by atoms with van der Waals surface area (Å²) in [5, 5.41) is 2.89. The van der Waals surface area contributed by atoms with Crippen LogP contribution in [0.2, 0.25) is 0 Å². The first kappa shape index (κ1) is 18.7.